The van der Waals surface area contributed by atoms with E-state index in [0.29, 0.717) is 19.3 Å². The largest absolute Gasteiger partial charge is 0.462 e. The molecule has 0 heterocycles. The monoisotopic (exact) mass is 1030 g/mol. The summed E-state index contributed by atoms with van der Waals surface area (Å²) >= 11 is 0. The Morgan fingerprint density at radius 1 is 0.280 bits per heavy atom. The summed E-state index contributed by atoms with van der Waals surface area (Å²) in [4.78, 5) is 38.1. The van der Waals surface area contributed by atoms with Crippen LogP contribution in [-0.4, -0.2) is 37.2 Å². The molecule has 0 aliphatic heterocycles. The van der Waals surface area contributed by atoms with Gasteiger partial charge in [-0.2, -0.15) is 0 Å². The first kappa shape index (κ1) is 70.0. The van der Waals surface area contributed by atoms with Gasteiger partial charge in [-0.15, -0.1) is 0 Å². The lowest BCUT2D eigenvalue weighted by Gasteiger charge is -2.18. The van der Waals surface area contributed by atoms with Crippen LogP contribution in [0.1, 0.15) is 239 Å². The zero-order valence-corrected chi connectivity index (χ0v) is 48.0. The van der Waals surface area contributed by atoms with Gasteiger partial charge >= 0.3 is 17.9 Å². The lowest BCUT2D eigenvalue weighted by atomic mass is 10.1. The number of hydrogen-bond donors (Lipinski definition) is 0. The van der Waals surface area contributed by atoms with E-state index in [2.05, 4.69) is 179 Å². The minimum atomic E-state index is -0.819. The maximum atomic E-state index is 12.8. The first-order valence-corrected chi connectivity index (χ1v) is 30.0. The Morgan fingerprint density at radius 3 is 0.840 bits per heavy atom. The van der Waals surface area contributed by atoms with Gasteiger partial charge in [-0.1, -0.05) is 249 Å². The van der Waals surface area contributed by atoms with Crippen molar-refractivity contribution in [3.8, 4) is 0 Å². The highest BCUT2D eigenvalue weighted by atomic mass is 16.6. The molecule has 0 spiro atoms. The van der Waals surface area contributed by atoms with Crippen molar-refractivity contribution >= 4 is 17.9 Å². The van der Waals surface area contributed by atoms with Crippen molar-refractivity contribution < 1.29 is 28.6 Å². The highest BCUT2D eigenvalue weighted by Gasteiger charge is 2.19. The molecule has 0 rings (SSSR count). The number of allylic oxidation sites excluding steroid dienone is 26. The van der Waals surface area contributed by atoms with Crippen LogP contribution in [0.15, 0.2) is 158 Å². The molecule has 0 amide bonds. The molecule has 1 atom stereocenters. The first-order valence-electron chi connectivity index (χ1n) is 30.0. The van der Waals surface area contributed by atoms with Crippen LogP contribution >= 0.6 is 0 Å². The van der Waals surface area contributed by atoms with Crippen LogP contribution in [0, 0.1) is 0 Å². The molecule has 75 heavy (non-hydrogen) atoms. The predicted octanol–water partition coefficient (Wildman–Crippen LogP) is 20.5. The summed E-state index contributed by atoms with van der Waals surface area (Å²) in [7, 11) is 0. The molecule has 0 aromatic carbocycles. The molecule has 6 heteroatoms. The molecule has 0 aliphatic rings. The Labute approximate surface area is 460 Å². The average Bonchev–Trinajstić information content (AvgIpc) is 3.41. The Balaban J connectivity index is 4.40. The lowest BCUT2D eigenvalue weighted by molar-refractivity contribution is -0.167. The van der Waals surface area contributed by atoms with E-state index < -0.39 is 6.10 Å². The highest BCUT2D eigenvalue weighted by Crippen LogP contribution is 2.14. The van der Waals surface area contributed by atoms with Gasteiger partial charge in [-0.05, 0) is 128 Å². The molecular weight excluding hydrogens is 925 g/mol. The molecule has 0 aromatic heterocycles. The highest BCUT2D eigenvalue weighted by molar-refractivity contribution is 5.71. The predicted molar refractivity (Wildman–Crippen MR) is 325 cm³/mol. The maximum absolute atomic E-state index is 12.8. The van der Waals surface area contributed by atoms with E-state index >= 15 is 0 Å². The second kappa shape index (κ2) is 61.6. The van der Waals surface area contributed by atoms with E-state index in [1.165, 1.54) is 51.4 Å². The summed E-state index contributed by atoms with van der Waals surface area (Å²) < 4.78 is 16.8. The number of ether oxygens (including phenoxy) is 3. The van der Waals surface area contributed by atoms with Crippen molar-refractivity contribution in [3.63, 3.8) is 0 Å². The molecule has 0 bridgehead atoms. The number of hydrogen-bond acceptors (Lipinski definition) is 6. The molecule has 0 saturated heterocycles. The van der Waals surface area contributed by atoms with Crippen molar-refractivity contribution in [3.05, 3.63) is 158 Å². The van der Waals surface area contributed by atoms with E-state index in [0.717, 1.165) is 141 Å². The van der Waals surface area contributed by atoms with Gasteiger partial charge in [0.15, 0.2) is 6.10 Å². The molecule has 0 aliphatic carbocycles. The third kappa shape index (κ3) is 59.8. The summed E-state index contributed by atoms with van der Waals surface area (Å²) in [6.07, 6.45) is 89.6. The summed E-state index contributed by atoms with van der Waals surface area (Å²) in [5.74, 6) is -0.995. The third-order valence-corrected chi connectivity index (χ3v) is 12.0. The molecule has 0 saturated carbocycles. The third-order valence-electron chi connectivity index (χ3n) is 12.0. The van der Waals surface area contributed by atoms with Crippen LogP contribution in [-0.2, 0) is 28.6 Å². The molecule has 0 fully saturated rings. The molecule has 0 aromatic rings. The molecule has 0 radical (unpaired) electrons. The van der Waals surface area contributed by atoms with Gasteiger partial charge < -0.3 is 14.2 Å². The number of carbonyl (C=O) groups excluding carboxylic acids is 3. The second-order valence-corrected chi connectivity index (χ2v) is 19.1. The van der Waals surface area contributed by atoms with Gasteiger partial charge in [0.2, 0.25) is 0 Å². The Hall–Kier alpha value is -4.97. The van der Waals surface area contributed by atoms with Gasteiger partial charge in [0.25, 0.3) is 0 Å². The summed E-state index contributed by atoms with van der Waals surface area (Å²) in [6.45, 7) is 6.32. The maximum Gasteiger partial charge on any atom is 0.306 e. The zero-order valence-electron chi connectivity index (χ0n) is 48.0. The topological polar surface area (TPSA) is 78.9 Å². The Bertz CT molecular complexity index is 1710. The van der Waals surface area contributed by atoms with E-state index in [9.17, 15) is 14.4 Å². The van der Waals surface area contributed by atoms with E-state index in [4.69, 9.17) is 14.2 Å². The summed E-state index contributed by atoms with van der Waals surface area (Å²) in [5, 5.41) is 0. The van der Waals surface area contributed by atoms with E-state index in [-0.39, 0.29) is 37.5 Å². The SMILES string of the molecule is CC/C=C\C/C=C\C/C=C\C/C=C\C/C=C\C/C=C\C/C=C\C/C=C\C/C=C\CCCCCC(=O)OCC(COC(=O)CCCCCCCCCCCCC)OC(=O)CCCC/C=C\C/C=C\C/C=C\C/C=C\CC. The van der Waals surface area contributed by atoms with Gasteiger partial charge in [0.05, 0.1) is 0 Å². The fraction of sp³-hybridized carbons (Fsp3) is 0.580. The summed E-state index contributed by atoms with van der Waals surface area (Å²) in [5.41, 5.74) is 0. The molecule has 0 N–H and O–H groups in total. The van der Waals surface area contributed by atoms with Crippen LogP contribution in [0.25, 0.3) is 0 Å². The zero-order chi connectivity index (χ0) is 54.3. The Morgan fingerprint density at radius 2 is 0.520 bits per heavy atom. The molecule has 420 valence electrons. The number of unbranched alkanes of at least 4 members (excludes halogenated alkanes) is 15. The van der Waals surface area contributed by atoms with Crippen molar-refractivity contribution in [2.75, 3.05) is 13.2 Å². The molecule has 6 nitrogen and oxygen atoms in total. The molecule has 1 unspecified atom stereocenters. The van der Waals surface area contributed by atoms with Gasteiger partial charge in [0, 0.05) is 19.3 Å². The van der Waals surface area contributed by atoms with Crippen molar-refractivity contribution in [2.45, 2.75) is 245 Å². The average molecular weight is 1030 g/mol. The minimum absolute atomic E-state index is 0.110. The van der Waals surface area contributed by atoms with Gasteiger partial charge in [-0.3, -0.25) is 14.4 Å². The van der Waals surface area contributed by atoms with Crippen molar-refractivity contribution in [1.82, 2.24) is 0 Å². The van der Waals surface area contributed by atoms with Crippen molar-refractivity contribution in [2.24, 2.45) is 0 Å². The number of esters is 3. The van der Waals surface area contributed by atoms with Crippen LogP contribution in [0.4, 0.5) is 0 Å². The first-order chi connectivity index (χ1) is 37.0. The minimum Gasteiger partial charge on any atom is -0.462 e. The van der Waals surface area contributed by atoms with Crippen molar-refractivity contribution in [1.29, 1.82) is 0 Å². The fourth-order valence-electron chi connectivity index (χ4n) is 7.60. The van der Waals surface area contributed by atoms with E-state index in [1.807, 2.05) is 0 Å². The van der Waals surface area contributed by atoms with Crippen LogP contribution < -0.4 is 0 Å². The standard InChI is InChI=1S/C69H108O6/c1-4-7-10-13-16-19-22-24-26-27-28-29-30-31-32-33-34-35-36-37-38-39-40-41-43-44-47-50-53-56-59-62-68(71)74-65-66(64-73-67(70)61-58-55-52-49-46-21-18-15-12-9-6-3)75-69(72)63-60-57-54-51-48-45-42-25-23-20-17-14-11-8-5-2/h7-8,10-11,16-17,19-20,24-26,28-29,31-32,34-35,37-38,40-42,44,47-48,51,66H,4-6,9,12-15,18,21-23,27,30,33,36,39,43,45-46,49-50,52-65H2,1-3H3/b10-7-,11-8-,19-16-,20-17-,26-24-,29-28-,32-31-,35-34-,38-37-,41-40-,42-25-,47-44-,51-48-. The number of carbonyl (C=O) groups is 3. The smallest absolute Gasteiger partial charge is 0.306 e. The number of rotatable bonds is 52. The van der Waals surface area contributed by atoms with Crippen LogP contribution in [0.3, 0.4) is 0 Å². The fourth-order valence-corrected chi connectivity index (χ4v) is 7.60. The lowest BCUT2D eigenvalue weighted by Crippen LogP contribution is -2.30. The van der Waals surface area contributed by atoms with Gasteiger partial charge in [-0.25, -0.2) is 0 Å². The second-order valence-electron chi connectivity index (χ2n) is 19.1. The quantitative estimate of drug-likeness (QED) is 0.0261. The van der Waals surface area contributed by atoms with Gasteiger partial charge in [0.1, 0.15) is 13.2 Å². The molecular formula is C69H108O6. The normalized spacial score (nSPS) is 13.3. The Kier molecular flexibility index (Phi) is 57.5. The summed E-state index contributed by atoms with van der Waals surface area (Å²) in [6, 6.07) is 0. The van der Waals surface area contributed by atoms with Crippen LogP contribution in [0.2, 0.25) is 0 Å². The van der Waals surface area contributed by atoms with E-state index in [1.54, 1.807) is 0 Å². The van der Waals surface area contributed by atoms with Crippen LogP contribution in [0.5, 0.6) is 0 Å².